The third-order valence-corrected chi connectivity index (χ3v) is 5.19. The molecule has 1 aliphatic heterocycles. The van der Waals surface area contributed by atoms with E-state index in [2.05, 4.69) is 41.9 Å². The van der Waals surface area contributed by atoms with Crippen molar-refractivity contribution in [2.24, 2.45) is 0 Å². The van der Waals surface area contributed by atoms with Crippen LogP contribution in [0.3, 0.4) is 0 Å². The van der Waals surface area contributed by atoms with Gasteiger partial charge in [-0.1, -0.05) is 6.92 Å². The van der Waals surface area contributed by atoms with Crippen molar-refractivity contribution < 1.29 is 4.74 Å². The van der Waals surface area contributed by atoms with E-state index in [-0.39, 0.29) is 0 Å². The summed E-state index contributed by atoms with van der Waals surface area (Å²) in [6.07, 6.45) is 3.24. The van der Waals surface area contributed by atoms with E-state index in [0.29, 0.717) is 0 Å². The van der Waals surface area contributed by atoms with Crippen LogP contribution in [0.25, 0.3) is 0 Å². The van der Waals surface area contributed by atoms with Gasteiger partial charge in [-0.3, -0.25) is 0 Å². The lowest BCUT2D eigenvalue weighted by atomic mass is 10.2. The van der Waals surface area contributed by atoms with Gasteiger partial charge in [0.1, 0.15) is 5.82 Å². The monoisotopic (exact) mass is 309 g/mol. The van der Waals surface area contributed by atoms with Gasteiger partial charge < -0.3 is 15.0 Å². The van der Waals surface area contributed by atoms with Crippen LogP contribution in [-0.2, 0) is 11.3 Å². The van der Waals surface area contributed by atoms with Crippen LogP contribution in [0.4, 0.5) is 5.82 Å². The van der Waals surface area contributed by atoms with E-state index in [9.17, 15) is 0 Å². The molecule has 0 radical (unpaired) electrons. The minimum atomic E-state index is 0.744. The Kier molecular flexibility index (Phi) is 6.80. The number of hydrogen-bond donors (Lipinski definition) is 1. The Hall–Kier alpha value is -0.780. The average molecular weight is 309 g/mol. The number of thioether (sulfide) groups is 1. The number of pyridine rings is 1. The molecule has 0 saturated carbocycles. The van der Waals surface area contributed by atoms with Crippen LogP contribution in [0, 0.1) is 6.92 Å². The highest BCUT2D eigenvalue weighted by Crippen LogP contribution is 2.26. The zero-order valence-electron chi connectivity index (χ0n) is 13.4. The molecule has 2 rings (SSSR count). The third-order valence-electron chi connectivity index (χ3n) is 3.81. The molecule has 1 N–H and O–H groups in total. The first-order valence-corrected chi connectivity index (χ1v) is 8.81. The summed E-state index contributed by atoms with van der Waals surface area (Å²) < 4.78 is 5.04. The van der Waals surface area contributed by atoms with Gasteiger partial charge in [0.05, 0.1) is 6.61 Å². The predicted octanol–water partition coefficient (Wildman–Crippen LogP) is 2.46. The largest absolute Gasteiger partial charge is 0.383 e. The fraction of sp³-hybridized carbons (Fsp3) is 0.688. The van der Waals surface area contributed by atoms with Crippen LogP contribution in [0.5, 0.6) is 0 Å². The number of nitrogens with one attached hydrogen (secondary N) is 1. The van der Waals surface area contributed by atoms with Gasteiger partial charge in [0.2, 0.25) is 0 Å². The number of nitrogens with zero attached hydrogens (tertiary/aromatic N) is 2. The molecule has 1 aromatic heterocycles. The highest BCUT2D eigenvalue weighted by atomic mass is 32.2. The Morgan fingerprint density at radius 3 is 3.10 bits per heavy atom. The SMILES string of the molecule is CCC1CN(c2ncc(CNCCOC)cc2C)CCS1. The van der Waals surface area contributed by atoms with Gasteiger partial charge in [0.25, 0.3) is 0 Å². The Bertz CT molecular complexity index is 442. The van der Waals surface area contributed by atoms with E-state index in [1.807, 2.05) is 6.20 Å². The molecule has 118 valence electrons. The van der Waals surface area contributed by atoms with Gasteiger partial charge in [0.15, 0.2) is 0 Å². The lowest BCUT2D eigenvalue weighted by molar-refractivity contribution is 0.199. The number of ether oxygens (including phenoxy) is 1. The van der Waals surface area contributed by atoms with Crippen molar-refractivity contribution in [1.29, 1.82) is 0 Å². The summed E-state index contributed by atoms with van der Waals surface area (Å²) in [5.41, 5.74) is 2.52. The highest BCUT2D eigenvalue weighted by Gasteiger charge is 2.21. The van der Waals surface area contributed by atoms with Crippen molar-refractivity contribution in [2.75, 3.05) is 44.0 Å². The van der Waals surface area contributed by atoms with Crippen LogP contribution in [0.15, 0.2) is 12.3 Å². The average Bonchev–Trinajstić information content (AvgIpc) is 2.52. The molecular weight excluding hydrogens is 282 g/mol. The quantitative estimate of drug-likeness (QED) is 0.783. The first-order valence-electron chi connectivity index (χ1n) is 7.76. The Labute approximate surface area is 132 Å². The minimum absolute atomic E-state index is 0.744. The van der Waals surface area contributed by atoms with Gasteiger partial charge in [-0.2, -0.15) is 11.8 Å². The summed E-state index contributed by atoms with van der Waals surface area (Å²) in [5, 5.41) is 4.11. The smallest absolute Gasteiger partial charge is 0.131 e. The topological polar surface area (TPSA) is 37.4 Å². The Morgan fingerprint density at radius 1 is 1.52 bits per heavy atom. The molecular formula is C16H27N3OS. The molecule has 1 saturated heterocycles. The van der Waals surface area contributed by atoms with E-state index in [1.165, 1.54) is 23.3 Å². The Morgan fingerprint density at radius 2 is 2.38 bits per heavy atom. The van der Waals surface area contributed by atoms with Gasteiger partial charge >= 0.3 is 0 Å². The van der Waals surface area contributed by atoms with Crippen LogP contribution < -0.4 is 10.2 Å². The van der Waals surface area contributed by atoms with E-state index in [1.54, 1.807) is 7.11 Å². The normalized spacial score (nSPS) is 19.0. The van der Waals surface area contributed by atoms with E-state index in [4.69, 9.17) is 9.72 Å². The summed E-state index contributed by atoms with van der Waals surface area (Å²) in [6, 6.07) is 2.25. The van der Waals surface area contributed by atoms with Gasteiger partial charge in [-0.05, 0) is 30.5 Å². The number of rotatable bonds is 7. The maximum atomic E-state index is 5.04. The first-order chi connectivity index (χ1) is 10.2. The fourth-order valence-electron chi connectivity index (χ4n) is 2.62. The molecule has 1 unspecified atom stereocenters. The van der Waals surface area contributed by atoms with Gasteiger partial charge in [-0.25, -0.2) is 4.98 Å². The van der Waals surface area contributed by atoms with Crippen molar-refractivity contribution >= 4 is 17.6 Å². The maximum absolute atomic E-state index is 5.04. The molecule has 0 amide bonds. The lowest BCUT2D eigenvalue weighted by Crippen LogP contribution is -2.38. The van der Waals surface area contributed by atoms with E-state index >= 15 is 0 Å². The third kappa shape index (κ3) is 4.87. The van der Waals surface area contributed by atoms with Crippen molar-refractivity contribution in [2.45, 2.75) is 32.1 Å². The minimum Gasteiger partial charge on any atom is -0.383 e. The zero-order valence-corrected chi connectivity index (χ0v) is 14.2. The summed E-state index contributed by atoms with van der Waals surface area (Å²) in [7, 11) is 1.72. The molecule has 0 spiro atoms. The number of aromatic nitrogens is 1. The van der Waals surface area contributed by atoms with Crippen LogP contribution in [0.1, 0.15) is 24.5 Å². The molecule has 1 atom stereocenters. The Balaban J connectivity index is 1.95. The second kappa shape index (κ2) is 8.61. The number of methoxy groups -OCH3 is 1. The van der Waals surface area contributed by atoms with Gasteiger partial charge in [-0.15, -0.1) is 0 Å². The van der Waals surface area contributed by atoms with Crippen molar-refractivity contribution in [1.82, 2.24) is 10.3 Å². The lowest BCUT2D eigenvalue weighted by Gasteiger charge is -2.33. The molecule has 21 heavy (non-hydrogen) atoms. The van der Waals surface area contributed by atoms with Crippen LogP contribution >= 0.6 is 11.8 Å². The van der Waals surface area contributed by atoms with Crippen molar-refractivity contribution in [3.63, 3.8) is 0 Å². The number of anilines is 1. The van der Waals surface area contributed by atoms with Crippen molar-refractivity contribution in [3.8, 4) is 0 Å². The van der Waals surface area contributed by atoms with Gasteiger partial charge in [0, 0.05) is 50.5 Å². The number of hydrogen-bond acceptors (Lipinski definition) is 5. The second-order valence-electron chi connectivity index (χ2n) is 5.50. The molecule has 1 aromatic rings. The van der Waals surface area contributed by atoms with Crippen LogP contribution in [0.2, 0.25) is 0 Å². The number of aryl methyl sites for hydroxylation is 1. The van der Waals surface area contributed by atoms with Crippen LogP contribution in [-0.4, -0.2) is 49.3 Å². The molecule has 1 fully saturated rings. The molecule has 0 bridgehead atoms. The summed E-state index contributed by atoms with van der Waals surface area (Å²) in [4.78, 5) is 7.16. The molecule has 4 nitrogen and oxygen atoms in total. The zero-order chi connectivity index (χ0) is 15.1. The first kappa shape index (κ1) is 16.6. The second-order valence-corrected chi connectivity index (χ2v) is 6.91. The predicted molar refractivity (Wildman–Crippen MR) is 91.3 cm³/mol. The fourth-order valence-corrected chi connectivity index (χ4v) is 3.80. The molecule has 0 aliphatic carbocycles. The summed E-state index contributed by atoms with van der Waals surface area (Å²) >= 11 is 2.10. The van der Waals surface area contributed by atoms with E-state index < -0.39 is 0 Å². The summed E-state index contributed by atoms with van der Waals surface area (Å²) in [5.74, 6) is 2.37. The molecule has 0 aromatic carbocycles. The maximum Gasteiger partial charge on any atom is 0.131 e. The highest BCUT2D eigenvalue weighted by molar-refractivity contribution is 8.00. The standard InChI is InChI=1S/C16H27N3OS/c1-4-15-12-19(6-8-21-15)16-13(2)9-14(11-18-16)10-17-5-7-20-3/h9,11,15,17H,4-8,10,12H2,1-3H3. The van der Waals surface area contributed by atoms with E-state index in [0.717, 1.165) is 43.9 Å². The van der Waals surface area contributed by atoms with Crippen molar-refractivity contribution in [3.05, 3.63) is 23.4 Å². The summed E-state index contributed by atoms with van der Waals surface area (Å²) in [6.45, 7) is 9.15. The molecule has 1 aliphatic rings. The molecule has 2 heterocycles. The molecule has 5 heteroatoms.